The molecule has 2 heterocycles. The van der Waals surface area contributed by atoms with Gasteiger partial charge in [-0.2, -0.15) is 8.42 Å². The fourth-order valence-electron chi connectivity index (χ4n) is 3.75. The summed E-state index contributed by atoms with van der Waals surface area (Å²) in [6, 6.07) is 9.17. The number of fused-ring (bicyclic) bond motifs is 1. The molecule has 1 saturated carbocycles. The van der Waals surface area contributed by atoms with Gasteiger partial charge < -0.3 is 14.4 Å². The molecule has 3 aromatic rings. The van der Waals surface area contributed by atoms with E-state index in [1.807, 2.05) is 29.0 Å². The lowest BCUT2D eigenvalue weighted by atomic mass is 10.1. The third-order valence-corrected chi connectivity index (χ3v) is 5.95. The molecule has 1 aromatic carbocycles. The Morgan fingerprint density at radius 3 is 2.70 bits per heavy atom. The van der Waals surface area contributed by atoms with Crippen molar-refractivity contribution in [2.75, 3.05) is 6.61 Å². The first-order valence-electron chi connectivity index (χ1n) is 9.34. The minimum atomic E-state index is -4.04. The van der Waals surface area contributed by atoms with Gasteiger partial charge in [-0.25, -0.2) is 15.1 Å². The molecular formula is C19H21ClN4O5S. The van der Waals surface area contributed by atoms with Crippen LogP contribution in [-0.4, -0.2) is 40.8 Å². The molecule has 0 aliphatic heterocycles. The van der Waals surface area contributed by atoms with Crippen LogP contribution in [0.1, 0.15) is 24.4 Å². The molecule has 3 N–H and O–H groups in total. The minimum Gasteiger partial charge on any atom is -0.472 e. The van der Waals surface area contributed by atoms with E-state index in [0.717, 1.165) is 10.9 Å². The highest BCUT2D eigenvalue weighted by Gasteiger charge is 2.35. The number of nitrogens with zero attached hydrogens (tertiary/aromatic N) is 3. The molecule has 11 heteroatoms. The summed E-state index contributed by atoms with van der Waals surface area (Å²) in [5.74, 6) is 0.120. The SMILES string of the molecule is NS(=O)(=O)OCC1CC(n2ccc3c(OCc4ccc(Cl)cc4)ncnc32)CC1O. The van der Waals surface area contributed by atoms with E-state index in [-0.39, 0.29) is 18.6 Å². The molecule has 1 fully saturated rings. The van der Waals surface area contributed by atoms with Gasteiger partial charge in [-0.1, -0.05) is 23.7 Å². The normalized spacial score (nSPS) is 21.9. The molecule has 0 spiro atoms. The molecule has 1 aliphatic rings. The summed E-state index contributed by atoms with van der Waals surface area (Å²) in [5, 5.41) is 16.6. The number of hydrogen-bond acceptors (Lipinski definition) is 7. The number of aliphatic hydroxyl groups excluding tert-OH is 1. The lowest BCUT2D eigenvalue weighted by molar-refractivity contribution is 0.100. The maximum absolute atomic E-state index is 11.0. The predicted octanol–water partition coefficient (Wildman–Crippen LogP) is 2.20. The lowest BCUT2D eigenvalue weighted by Gasteiger charge is -2.14. The Morgan fingerprint density at radius 1 is 1.20 bits per heavy atom. The van der Waals surface area contributed by atoms with Gasteiger partial charge in [0.25, 0.3) is 0 Å². The summed E-state index contributed by atoms with van der Waals surface area (Å²) >= 11 is 5.91. The van der Waals surface area contributed by atoms with E-state index in [0.29, 0.717) is 36.0 Å². The number of aromatic nitrogens is 3. The van der Waals surface area contributed by atoms with Crippen molar-refractivity contribution in [1.82, 2.24) is 14.5 Å². The van der Waals surface area contributed by atoms with Crippen LogP contribution in [0, 0.1) is 5.92 Å². The van der Waals surface area contributed by atoms with Gasteiger partial charge in [0.05, 0.1) is 18.1 Å². The van der Waals surface area contributed by atoms with E-state index < -0.39 is 16.4 Å². The number of nitrogens with two attached hydrogens (primary N) is 1. The topological polar surface area (TPSA) is 130 Å². The third-order valence-electron chi connectivity index (χ3n) is 5.23. The highest BCUT2D eigenvalue weighted by Crippen LogP contribution is 2.38. The van der Waals surface area contributed by atoms with Gasteiger partial charge in [0.2, 0.25) is 5.88 Å². The van der Waals surface area contributed by atoms with Gasteiger partial charge in [-0.3, -0.25) is 4.18 Å². The molecule has 30 heavy (non-hydrogen) atoms. The van der Waals surface area contributed by atoms with Gasteiger partial charge >= 0.3 is 10.3 Å². The average molecular weight is 453 g/mol. The van der Waals surface area contributed by atoms with Crippen LogP contribution >= 0.6 is 11.6 Å². The van der Waals surface area contributed by atoms with Crippen LogP contribution in [0.2, 0.25) is 5.02 Å². The largest absolute Gasteiger partial charge is 0.472 e. The van der Waals surface area contributed by atoms with Crippen molar-refractivity contribution in [3.63, 3.8) is 0 Å². The molecule has 160 valence electrons. The Labute approximate surface area is 178 Å². The third kappa shape index (κ3) is 4.73. The Hall–Kier alpha value is -2.24. The van der Waals surface area contributed by atoms with Gasteiger partial charge in [0, 0.05) is 23.2 Å². The molecule has 2 aromatic heterocycles. The summed E-state index contributed by atoms with van der Waals surface area (Å²) < 4.78 is 34.6. The smallest absolute Gasteiger partial charge is 0.333 e. The van der Waals surface area contributed by atoms with E-state index in [2.05, 4.69) is 14.2 Å². The molecule has 0 radical (unpaired) electrons. The molecule has 1 aliphatic carbocycles. The molecule has 0 saturated heterocycles. The number of hydrogen-bond donors (Lipinski definition) is 2. The van der Waals surface area contributed by atoms with Gasteiger partial charge in [0.1, 0.15) is 18.6 Å². The number of halogens is 1. The molecule has 9 nitrogen and oxygen atoms in total. The predicted molar refractivity (Wildman–Crippen MR) is 110 cm³/mol. The zero-order valence-corrected chi connectivity index (χ0v) is 17.5. The second-order valence-electron chi connectivity index (χ2n) is 7.28. The quantitative estimate of drug-likeness (QED) is 0.562. The van der Waals surface area contributed by atoms with Crippen molar-refractivity contribution in [2.24, 2.45) is 11.1 Å². The zero-order chi connectivity index (χ0) is 21.3. The molecule has 4 rings (SSSR count). The van der Waals surface area contributed by atoms with Crippen molar-refractivity contribution in [1.29, 1.82) is 0 Å². The summed E-state index contributed by atoms with van der Waals surface area (Å²) in [6.45, 7) is 0.184. The zero-order valence-electron chi connectivity index (χ0n) is 15.9. The fraction of sp³-hybridized carbons (Fsp3) is 0.368. The first-order chi connectivity index (χ1) is 14.3. The molecule has 3 unspecified atom stereocenters. The monoisotopic (exact) mass is 452 g/mol. The Kier molecular flexibility index (Phi) is 5.94. The minimum absolute atomic E-state index is 0.0643. The Bertz CT molecular complexity index is 1140. The second kappa shape index (κ2) is 8.48. The maximum Gasteiger partial charge on any atom is 0.333 e. The van der Waals surface area contributed by atoms with E-state index in [9.17, 15) is 13.5 Å². The van der Waals surface area contributed by atoms with Crippen molar-refractivity contribution < 1.29 is 22.4 Å². The summed E-state index contributed by atoms with van der Waals surface area (Å²) in [4.78, 5) is 8.62. The van der Waals surface area contributed by atoms with Crippen LogP contribution in [0.4, 0.5) is 0 Å². The fourth-order valence-corrected chi connectivity index (χ4v) is 4.24. The van der Waals surface area contributed by atoms with Crippen molar-refractivity contribution in [2.45, 2.75) is 31.6 Å². The number of benzene rings is 1. The van der Waals surface area contributed by atoms with Crippen LogP contribution in [0.3, 0.4) is 0 Å². The van der Waals surface area contributed by atoms with E-state index in [1.165, 1.54) is 6.33 Å². The standard InChI is InChI=1S/C19H21ClN4O5S/c20-14-3-1-12(2-4-14)9-28-19-16-5-6-24(18(16)22-11-23-19)15-7-13(17(25)8-15)10-29-30(21,26)27/h1-6,11,13,15,17,25H,7-10H2,(H2,21,26,27). The lowest BCUT2D eigenvalue weighted by Crippen LogP contribution is -2.24. The highest BCUT2D eigenvalue weighted by molar-refractivity contribution is 7.84. The van der Waals surface area contributed by atoms with Crippen molar-refractivity contribution in [3.05, 3.63) is 53.4 Å². The van der Waals surface area contributed by atoms with Crippen LogP contribution < -0.4 is 9.88 Å². The number of ether oxygens (including phenoxy) is 1. The van der Waals surface area contributed by atoms with Crippen LogP contribution in [0.5, 0.6) is 5.88 Å². The van der Waals surface area contributed by atoms with E-state index in [1.54, 1.807) is 12.1 Å². The van der Waals surface area contributed by atoms with Crippen LogP contribution in [0.15, 0.2) is 42.9 Å². The van der Waals surface area contributed by atoms with Gasteiger partial charge in [-0.05, 0) is 36.6 Å². The van der Waals surface area contributed by atoms with Gasteiger partial charge in [-0.15, -0.1) is 0 Å². The Balaban J connectivity index is 1.49. The summed E-state index contributed by atoms with van der Waals surface area (Å²) in [6.07, 6.45) is 3.59. The molecule has 3 atom stereocenters. The summed E-state index contributed by atoms with van der Waals surface area (Å²) in [5.41, 5.74) is 1.64. The van der Waals surface area contributed by atoms with E-state index in [4.69, 9.17) is 21.5 Å². The van der Waals surface area contributed by atoms with Crippen LogP contribution in [-0.2, 0) is 21.1 Å². The second-order valence-corrected chi connectivity index (χ2v) is 8.94. The van der Waals surface area contributed by atoms with Gasteiger partial charge in [0.15, 0.2) is 0 Å². The molecule has 0 bridgehead atoms. The first kappa shape index (κ1) is 21.0. The molecular weight excluding hydrogens is 432 g/mol. The highest BCUT2D eigenvalue weighted by atomic mass is 35.5. The number of aliphatic hydroxyl groups is 1. The first-order valence-corrected chi connectivity index (χ1v) is 11.2. The molecule has 0 amide bonds. The van der Waals surface area contributed by atoms with Crippen LogP contribution in [0.25, 0.3) is 11.0 Å². The van der Waals surface area contributed by atoms with E-state index >= 15 is 0 Å². The maximum atomic E-state index is 11.0. The Morgan fingerprint density at radius 2 is 1.97 bits per heavy atom. The number of rotatable bonds is 7. The summed E-state index contributed by atoms with van der Waals surface area (Å²) in [7, 11) is -4.04. The van der Waals surface area contributed by atoms with Crippen molar-refractivity contribution in [3.8, 4) is 5.88 Å². The average Bonchev–Trinajstić information content (AvgIpc) is 3.29. The van der Waals surface area contributed by atoms with Crippen molar-refractivity contribution >= 4 is 32.9 Å².